The van der Waals surface area contributed by atoms with Crippen LogP contribution in [0.1, 0.15) is 24.2 Å². The summed E-state index contributed by atoms with van der Waals surface area (Å²) in [4.78, 5) is 14.9. The topological polar surface area (TPSA) is 84.2 Å². The SMILES string of the molecule is CNC(=O)c1c(-c2ccc(F)cc2)oc2cc(N3CCOCC3)c(OCC(C)(C)O)cc12. The fourth-order valence-electron chi connectivity index (χ4n) is 3.69. The Hall–Kier alpha value is -3.10. The summed E-state index contributed by atoms with van der Waals surface area (Å²) in [6, 6.07) is 9.43. The lowest BCUT2D eigenvalue weighted by molar-refractivity contribution is 0.0285. The number of carbonyl (C=O) groups is 1. The third-order valence-corrected chi connectivity index (χ3v) is 5.26. The van der Waals surface area contributed by atoms with Crippen molar-refractivity contribution in [2.45, 2.75) is 19.4 Å². The predicted molar refractivity (Wildman–Crippen MR) is 120 cm³/mol. The Balaban J connectivity index is 1.89. The standard InChI is InChI=1S/C24H27FN2O5/c1-24(2,29)14-31-20-12-17-19(13-18(20)27-8-10-30-11-9-27)32-22(21(17)23(28)26-3)15-4-6-16(25)7-5-15/h4-7,12-13,29H,8-11,14H2,1-3H3,(H,26,28). The number of nitrogens with zero attached hydrogens (tertiary/aromatic N) is 1. The number of rotatable bonds is 6. The van der Waals surface area contributed by atoms with E-state index >= 15 is 0 Å². The van der Waals surface area contributed by atoms with E-state index in [-0.39, 0.29) is 18.3 Å². The first-order valence-electron chi connectivity index (χ1n) is 10.5. The molecule has 0 bridgehead atoms. The van der Waals surface area contributed by atoms with Crippen LogP contribution >= 0.6 is 0 Å². The van der Waals surface area contributed by atoms with E-state index in [0.717, 1.165) is 5.69 Å². The predicted octanol–water partition coefficient (Wildman–Crippen LogP) is 3.58. The maximum Gasteiger partial charge on any atom is 0.255 e. The lowest BCUT2D eigenvalue weighted by Crippen LogP contribution is -2.36. The molecule has 0 unspecified atom stereocenters. The molecule has 2 aromatic carbocycles. The van der Waals surface area contributed by atoms with Crippen LogP contribution in [0.25, 0.3) is 22.3 Å². The first-order valence-corrected chi connectivity index (χ1v) is 10.5. The van der Waals surface area contributed by atoms with Crippen molar-refractivity contribution < 1.29 is 28.2 Å². The van der Waals surface area contributed by atoms with Crippen molar-refractivity contribution in [1.29, 1.82) is 0 Å². The van der Waals surface area contributed by atoms with Gasteiger partial charge in [-0.3, -0.25) is 4.79 Å². The van der Waals surface area contributed by atoms with Gasteiger partial charge >= 0.3 is 0 Å². The van der Waals surface area contributed by atoms with Crippen LogP contribution in [0, 0.1) is 5.82 Å². The van der Waals surface area contributed by atoms with Crippen LogP contribution in [0.2, 0.25) is 0 Å². The maximum absolute atomic E-state index is 13.5. The second-order valence-electron chi connectivity index (χ2n) is 8.41. The van der Waals surface area contributed by atoms with Crippen LogP contribution in [-0.2, 0) is 4.74 Å². The third kappa shape index (κ3) is 4.56. The highest BCUT2D eigenvalue weighted by atomic mass is 19.1. The van der Waals surface area contributed by atoms with Gasteiger partial charge in [0, 0.05) is 37.2 Å². The Bertz CT molecular complexity index is 1110. The summed E-state index contributed by atoms with van der Waals surface area (Å²) in [7, 11) is 1.55. The van der Waals surface area contributed by atoms with Crippen LogP contribution in [0.3, 0.4) is 0 Å². The molecule has 0 atom stereocenters. The second-order valence-corrected chi connectivity index (χ2v) is 8.41. The number of benzene rings is 2. The van der Waals surface area contributed by atoms with Gasteiger partial charge in [0.15, 0.2) is 0 Å². The van der Waals surface area contributed by atoms with Crippen molar-refractivity contribution in [3.05, 3.63) is 47.8 Å². The van der Waals surface area contributed by atoms with Crippen LogP contribution in [0.15, 0.2) is 40.8 Å². The molecule has 170 valence electrons. The molecule has 32 heavy (non-hydrogen) atoms. The molecule has 2 heterocycles. The van der Waals surface area contributed by atoms with Crippen LogP contribution in [0.5, 0.6) is 5.75 Å². The number of aliphatic hydroxyl groups is 1. The summed E-state index contributed by atoms with van der Waals surface area (Å²) in [5.74, 6) is 0.198. The molecular formula is C24H27FN2O5. The number of fused-ring (bicyclic) bond motifs is 1. The van der Waals surface area contributed by atoms with Crippen molar-refractivity contribution in [2.24, 2.45) is 0 Å². The Kier molecular flexibility index (Phi) is 6.08. The highest BCUT2D eigenvalue weighted by Gasteiger charge is 2.26. The van der Waals surface area contributed by atoms with E-state index in [1.807, 2.05) is 6.07 Å². The highest BCUT2D eigenvalue weighted by Crippen LogP contribution is 2.41. The molecule has 3 aromatic rings. The minimum absolute atomic E-state index is 0.0772. The summed E-state index contributed by atoms with van der Waals surface area (Å²) in [5.41, 5.74) is 1.22. The molecular weight excluding hydrogens is 415 g/mol. The van der Waals surface area contributed by atoms with Crippen molar-refractivity contribution in [2.75, 3.05) is 44.9 Å². The fraction of sp³-hybridized carbons (Fsp3) is 0.375. The Morgan fingerprint density at radius 3 is 2.53 bits per heavy atom. The molecule has 0 radical (unpaired) electrons. The number of carbonyl (C=O) groups excluding carboxylic acids is 1. The third-order valence-electron chi connectivity index (χ3n) is 5.26. The number of furan rings is 1. The molecule has 1 aliphatic rings. The monoisotopic (exact) mass is 442 g/mol. The zero-order chi connectivity index (χ0) is 22.9. The van der Waals surface area contributed by atoms with E-state index in [0.29, 0.717) is 59.9 Å². The zero-order valence-electron chi connectivity index (χ0n) is 18.4. The van der Waals surface area contributed by atoms with Crippen LogP contribution in [0.4, 0.5) is 10.1 Å². The smallest absolute Gasteiger partial charge is 0.255 e. The summed E-state index contributed by atoms with van der Waals surface area (Å²) >= 11 is 0. The maximum atomic E-state index is 13.5. The molecule has 1 aliphatic heterocycles. The van der Waals surface area contributed by atoms with Gasteiger partial charge in [0.05, 0.1) is 30.1 Å². The van der Waals surface area contributed by atoms with Crippen molar-refractivity contribution in [3.63, 3.8) is 0 Å². The van der Waals surface area contributed by atoms with E-state index in [4.69, 9.17) is 13.9 Å². The summed E-state index contributed by atoms with van der Waals surface area (Å²) in [6.07, 6.45) is 0. The Morgan fingerprint density at radius 2 is 1.91 bits per heavy atom. The van der Waals surface area contributed by atoms with Gasteiger partial charge in [-0.05, 0) is 44.2 Å². The number of ether oxygens (including phenoxy) is 2. The van der Waals surface area contributed by atoms with Crippen molar-refractivity contribution in [1.82, 2.24) is 5.32 Å². The molecule has 4 rings (SSSR count). The van der Waals surface area contributed by atoms with E-state index in [1.165, 1.54) is 12.1 Å². The molecule has 7 nitrogen and oxygen atoms in total. The quantitative estimate of drug-likeness (QED) is 0.607. The molecule has 1 saturated heterocycles. The van der Waals surface area contributed by atoms with Gasteiger partial charge in [0.2, 0.25) is 0 Å². The van der Waals surface area contributed by atoms with E-state index < -0.39 is 5.60 Å². The number of hydrogen-bond acceptors (Lipinski definition) is 6. The normalized spacial score (nSPS) is 14.6. The number of hydrogen-bond donors (Lipinski definition) is 2. The summed E-state index contributed by atoms with van der Waals surface area (Å²) in [5, 5.41) is 13.4. The molecule has 2 N–H and O–H groups in total. The Morgan fingerprint density at radius 1 is 1.22 bits per heavy atom. The average molecular weight is 442 g/mol. The number of amides is 1. The largest absolute Gasteiger partial charge is 0.488 e. The van der Waals surface area contributed by atoms with E-state index in [1.54, 1.807) is 39.1 Å². The Labute approximate surface area is 185 Å². The van der Waals surface area contributed by atoms with Gasteiger partial charge in [-0.25, -0.2) is 4.39 Å². The van der Waals surface area contributed by atoms with Gasteiger partial charge < -0.3 is 29.2 Å². The fourth-order valence-corrected chi connectivity index (χ4v) is 3.69. The minimum atomic E-state index is -1.03. The van der Waals surface area contributed by atoms with Crippen LogP contribution < -0.4 is 15.0 Å². The van der Waals surface area contributed by atoms with Gasteiger partial charge in [0.25, 0.3) is 5.91 Å². The molecule has 1 fully saturated rings. The first kappa shape index (κ1) is 22.1. The highest BCUT2D eigenvalue weighted by molar-refractivity contribution is 6.12. The van der Waals surface area contributed by atoms with E-state index in [2.05, 4.69) is 10.2 Å². The summed E-state index contributed by atoms with van der Waals surface area (Å²) in [6.45, 7) is 5.95. The molecule has 0 saturated carbocycles. The molecule has 1 amide bonds. The van der Waals surface area contributed by atoms with Crippen LogP contribution in [-0.4, -0.2) is 56.6 Å². The minimum Gasteiger partial charge on any atom is -0.488 e. The first-order chi connectivity index (χ1) is 15.3. The van der Waals surface area contributed by atoms with Crippen molar-refractivity contribution in [3.8, 4) is 17.1 Å². The number of halogens is 1. The molecule has 0 spiro atoms. The second kappa shape index (κ2) is 8.80. The number of anilines is 1. The molecule has 1 aromatic heterocycles. The van der Waals surface area contributed by atoms with Gasteiger partial charge in [0.1, 0.15) is 29.5 Å². The average Bonchev–Trinajstić information content (AvgIpc) is 3.15. The van der Waals surface area contributed by atoms with Gasteiger partial charge in [-0.1, -0.05) is 0 Å². The molecule has 8 heteroatoms. The number of nitrogens with one attached hydrogen (secondary N) is 1. The lowest BCUT2D eigenvalue weighted by Gasteiger charge is -2.31. The van der Waals surface area contributed by atoms with Gasteiger partial charge in [-0.2, -0.15) is 0 Å². The summed E-state index contributed by atoms with van der Waals surface area (Å²) < 4.78 is 31.1. The molecule has 0 aliphatic carbocycles. The lowest BCUT2D eigenvalue weighted by atomic mass is 10.0. The van der Waals surface area contributed by atoms with E-state index in [9.17, 15) is 14.3 Å². The van der Waals surface area contributed by atoms with Gasteiger partial charge in [-0.15, -0.1) is 0 Å². The zero-order valence-corrected chi connectivity index (χ0v) is 18.4. The van der Waals surface area contributed by atoms with Crippen molar-refractivity contribution >= 4 is 22.6 Å². The number of morpholine rings is 1.